The van der Waals surface area contributed by atoms with Crippen molar-refractivity contribution in [2.24, 2.45) is 10.1 Å². The monoisotopic (exact) mass is 356 g/mol. The second-order valence-electron chi connectivity index (χ2n) is 5.34. The molecule has 0 spiro atoms. The van der Waals surface area contributed by atoms with Gasteiger partial charge in [0.15, 0.2) is 0 Å². The molecule has 0 aliphatic carbocycles. The molecular weight excluding hydrogens is 340 g/mol. The van der Waals surface area contributed by atoms with Crippen molar-refractivity contribution < 1.29 is 9.34 Å². The van der Waals surface area contributed by atoms with Crippen LogP contribution in [0.15, 0.2) is 56.3 Å². The van der Waals surface area contributed by atoms with E-state index in [9.17, 15) is 10.1 Å². The highest BCUT2D eigenvalue weighted by Crippen LogP contribution is 2.23. The third-order valence-corrected chi connectivity index (χ3v) is 4.50. The fourth-order valence-electron chi connectivity index (χ4n) is 2.33. The van der Waals surface area contributed by atoms with Gasteiger partial charge in [-0.05, 0) is 38.1 Å². The minimum absolute atomic E-state index is 0.0525. The molecule has 1 aromatic carbocycles. The van der Waals surface area contributed by atoms with E-state index in [0.29, 0.717) is 11.5 Å². The fourth-order valence-corrected chi connectivity index (χ4v) is 3.13. The Kier molecular flexibility index (Phi) is 4.62. The van der Waals surface area contributed by atoms with Crippen LogP contribution in [0.4, 0.5) is 5.69 Å². The average Bonchev–Trinajstić information content (AvgIpc) is 3.21. The summed E-state index contributed by atoms with van der Waals surface area (Å²) in [5.74, 6) is 1.50. The lowest BCUT2D eigenvalue weighted by molar-refractivity contribution is -0.384. The molecule has 3 aromatic rings. The first-order valence-corrected chi connectivity index (χ1v) is 8.38. The number of thiazole rings is 1. The van der Waals surface area contributed by atoms with Gasteiger partial charge in [0.1, 0.15) is 17.2 Å². The van der Waals surface area contributed by atoms with Crippen LogP contribution in [0.5, 0.6) is 0 Å². The zero-order valence-corrected chi connectivity index (χ0v) is 14.8. The molecule has 0 bridgehead atoms. The van der Waals surface area contributed by atoms with Gasteiger partial charge in [0, 0.05) is 30.1 Å². The molecule has 0 amide bonds. The second-order valence-corrected chi connectivity index (χ2v) is 6.18. The maximum atomic E-state index is 10.8. The van der Waals surface area contributed by atoms with Crippen molar-refractivity contribution in [2.45, 2.75) is 13.8 Å². The molecule has 3 rings (SSSR count). The number of nitro groups is 1. The van der Waals surface area contributed by atoms with Crippen molar-refractivity contribution in [3.63, 3.8) is 0 Å². The molecule has 25 heavy (non-hydrogen) atoms. The summed E-state index contributed by atoms with van der Waals surface area (Å²) in [5, 5.41) is 17.4. The van der Waals surface area contributed by atoms with Gasteiger partial charge in [-0.3, -0.25) is 15.1 Å². The van der Waals surface area contributed by atoms with Crippen molar-refractivity contribution in [2.75, 3.05) is 7.05 Å². The normalized spacial score (nSPS) is 12.6. The van der Waals surface area contributed by atoms with Gasteiger partial charge in [-0.15, -0.1) is 11.3 Å². The van der Waals surface area contributed by atoms with Crippen molar-refractivity contribution in [3.8, 4) is 11.3 Å². The molecule has 0 saturated carbocycles. The largest absolute Gasteiger partial charge is 0.460 e. The van der Waals surface area contributed by atoms with Gasteiger partial charge in [0.05, 0.1) is 10.6 Å². The van der Waals surface area contributed by atoms with E-state index in [-0.39, 0.29) is 5.69 Å². The summed E-state index contributed by atoms with van der Waals surface area (Å²) in [7, 11) is 1.70. The number of rotatable bonds is 4. The number of hydrogen-bond donors (Lipinski definition) is 0. The molecule has 0 saturated heterocycles. The number of nitro benzene ring substituents is 1. The van der Waals surface area contributed by atoms with Gasteiger partial charge in [-0.25, -0.2) is 4.68 Å². The molecule has 2 heterocycles. The van der Waals surface area contributed by atoms with Gasteiger partial charge in [-0.1, -0.05) is 0 Å². The van der Waals surface area contributed by atoms with E-state index < -0.39 is 4.92 Å². The summed E-state index contributed by atoms with van der Waals surface area (Å²) in [6.07, 6.45) is 0. The lowest BCUT2D eigenvalue weighted by Gasteiger charge is -2.05. The predicted octanol–water partition coefficient (Wildman–Crippen LogP) is 3.83. The standard InChI is InChI=1S/C17H16N4O3S/c1-11-4-9-16(24-11)12(2)19-20-15(10-25-17(20)18-3)13-5-7-14(8-6-13)21(22)23/h4-10H,1-3H3. The number of furan rings is 1. The third kappa shape index (κ3) is 3.43. The van der Waals surface area contributed by atoms with Gasteiger partial charge >= 0.3 is 0 Å². The fraction of sp³-hybridized carbons (Fsp3) is 0.176. The van der Waals surface area contributed by atoms with Crippen LogP contribution in [-0.2, 0) is 0 Å². The second kappa shape index (κ2) is 6.86. The highest BCUT2D eigenvalue weighted by atomic mass is 32.1. The van der Waals surface area contributed by atoms with E-state index in [4.69, 9.17) is 4.42 Å². The predicted molar refractivity (Wildman–Crippen MR) is 96.9 cm³/mol. The van der Waals surface area contributed by atoms with E-state index in [1.807, 2.05) is 31.4 Å². The Morgan fingerprint density at radius 2 is 1.96 bits per heavy atom. The molecule has 0 N–H and O–H groups in total. The van der Waals surface area contributed by atoms with Crippen LogP contribution in [-0.4, -0.2) is 22.4 Å². The Bertz CT molecular complexity index is 1010. The molecule has 8 heteroatoms. The number of hydrogen-bond acceptors (Lipinski definition) is 6. The van der Waals surface area contributed by atoms with Gasteiger partial charge < -0.3 is 4.42 Å². The molecule has 7 nitrogen and oxygen atoms in total. The molecule has 0 aliphatic heterocycles. The Morgan fingerprint density at radius 3 is 2.52 bits per heavy atom. The van der Waals surface area contributed by atoms with Gasteiger partial charge in [0.25, 0.3) is 5.69 Å². The van der Waals surface area contributed by atoms with Crippen molar-refractivity contribution in [1.29, 1.82) is 0 Å². The number of benzene rings is 1. The first-order valence-electron chi connectivity index (χ1n) is 7.50. The van der Waals surface area contributed by atoms with Crippen LogP contribution in [0.2, 0.25) is 0 Å². The van der Waals surface area contributed by atoms with E-state index in [2.05, 4.69) is 10.1 Å². The van der Waals surface area contributed by atoms with Crippen LogP contribution >= 0.6 is 11.3 Å². The maximum Gasteiger partial charge on any atom is 0.269 e. The molecule has 2 aromatic heterocycles. The van der Waals surface area contributed by atoms with Crippen molar-refractivity contribution in [1.82, 2.24) is 4.68 Å². The van der Waals surface area contributed by atoms with Crippen molar-refractivity contribution in [3.05, 3.63) is 68.2 Å². The molecule has 0 aliphatic rings. The molecule has 0 unspecified atom stereocenters. The van der Waals surface area contributed by atoms with Crippen LogP contribution < -0.4 is 4.80 Å². The summed E-state index contributed by atoms with van der Waals surface area (Å²) < 4.78 is 7.33. The van der Waals surface area contributed by atoms with Crippen LogP contribution in [0.1, 0.15) is 18.4 Å². The number of aryl methyl sites for hydroxylation is 1. The summed E-state index contributed by atoms with van der Waals surface area (Å²) >= 11 is 1.45. The molecular formula is C17H16N4O3S. The molecule has 128 valence electrons. The van der Waals surface area contributed by atoms with Crippen LogP contribution in [0.3, 0.4) is 0 Å². The Labute approximate surface area is 147 Å². The van der Waals surface area contributed by atoms with E-state index in [1.54, 1.807) is 23.9 Å². The smallest absolute Gasteiger partial charge is 0.269 e. The molecule has 0 atom stereocenters. The van der Waals surface area contributed by atoms with E-state index in [1.165, 1.54) is 23.5 Å². The number of aromatic nitrogens is 1. The van der Waals surface area contributed by atoms with Crippen molar-refractivity contribution >= 4 is 22.7 Å². The number of nitrogens with zero attached hydrogens (tertiary/aromatic N) is 4. The highest BCUT2D eigenvalue weighted by molar-refractivity contribution is 7.07. The minimum atomic E-state index is -0.417. The average molecular weight is 356 g/mol. The quantitative estimate of drug-likeness (QED) is 0.404. The highest BCUT2D eigenvalue weighted by Gasteiger charge is 2.11. The lowest BCUT2D eigenvalue weighted by Crippen LogP contribution is -2.13. The number of non-ortho nitro benzene ring substituents is 1. The molecule has 0 radical (unpaired) electrons. The Balaban J connectivity index is 2.08. The zero-order valence-electron chi connectivity index (χ0n) is 14.0. The first kappa shape index (κ1) is 16.8. The van der Waals surface area contributed by atoms with E-state index in [0.717, 1.165) is 21.8 Å². The van der Waals surface area contributed by atoms with Gasteiger partial charge in [0.2, 0.25) is 4.80 Å². The summed E-state index contributed by atoms with van der Waals surface area (Å²) in [4.78, 5) is 15.4. The SMILES string of the molecule is CN=c1scc(-c2ccc([N+](=O)[O-])cc2)n1N=C(C)c1ccc(C)o1. The third-order valence-electron chi connectivity index (χ3n) is 3.60. The zero-order chi connectivity index (χ0) is 18.0. The molecule has 0 fully saturated rings. The van der Waals surface area contributed by atoms with Crippen LogP contribution in [0.25, 0.3) is 11.3 Å². The first-order chi connectivity index (χ1) is 12.0. The minimum Gasteiger partial charge on any atom is -0.460 e. The van der Waals surface area contributed by atoms with E-state index >= 15 is 0 Å². The Hall–Kier alpha value is -3.00. The summed E-state index contributed by atoms with van der Waals surface area (Å²) in [6, 6.07) is 10.1. The topological polar surface area (TPSA) is 85.9 Å². The van der Waals surface area contributed by atoms with Crippen LogP contribution in [0, 0.1) is 17.0 Å². The van der Waals surface area contributed by atoms with Gasteiger partial charge in [-0.2, -0.15) is 5.10 Å². The lowest BCUT2D eigenvalue weighted by atomic mass is 10.1. The maximum absolute atomic E-state index is 10.8. The summed E-state index contributed by atoms with van der Waals surface area (Å²) in [5.41, 5.74) is 2.40. The Morgan fingerprint density at radius 1 is 1.24 bits per heavy atom. The summed E-state index contributed by atoms with van der Waals surface area (Å²) in [6.45, 7) is 3.74.